The van der Waals surface area contributed by atoms with Crippen LogP contribution in [0.4, 0.5) is 0 Å². The minimum atomic E-state index is -0.414. The Hall–Kier alpha value is -1.13. The smallest absolute Gasteiger partial charge is 0.213 e. The lowest BCUT2D eigenvalue weighted by Crippen LogP contribution is -2.22. The molecule has 0 aromatic carbocycles. The van der Waals surface area contributed by atoms with Gasteiger partial charge in [-0.15, -0.1) is 0 Å². The fraction of sp³-hybridized carbons (Fsp3) is 0.667. The van der Waals surface area contributed by atoms with E-state index in [1.54, 1.807) is 6.20 Å². The zero-order valence-corrected chi connectivity index (χ0v) is 11.3. The second kappa shape index (κ2) is 5.88. The quantitative estimate of drug-likeness (QED) is 0.853. The molecule has 4 nitrogen and oxygen atoms in total. The fourth-order valence-corrected chi connectivity index (χ4v) is 2.49. The van der Waals surface area contributed by atoms with Gasteiger partial charge in [0.05, 0.1) is 6.10 Å². The van der Waals surface area contributed by atoms with Crippen LogP contribution in [0, 0.1) is 0 Å². The van der Waals surface area contributed by atoms with Gasteiger partial charge in [-0.25, -0.2) is 4.98 Å². The largest absolute Gasteiger partial charge is 0.474 e. The van der Waals surface area contributed by atoms with E-state index in [9.17, 15) is 5.11 Å². The maximum absolute atomic E-state index is 10.2. The normalized spacial score (nSPS) is 21.5. The minimum absolute atomic E-state index is 0.374. The highest BCUT2D eigenvalue weighted by Crippen LogP contribution is 2.26. The zero-order valence-electron chi connectivity index (χ0n) is 11.3. The van der Waals surface area contributed by atoms with Gasteiger partial charge in [-0.1, -0.05) is 0 Å². The van der Waals surface area contributed by atoms with Gasteiger partial charge < -0.3 is 14.7 Å². The first-order chi connectivity index (χ1) is 9.31. The summed E-state index contributed by atoms with van der Waals surface area (Å²) in [6.45, 7) is 3.33. The summed E-state index contributed by atoms with van der Waals surface area (Å²) in [7, 11) is 0. The maximum Gasteiger partial charge on any atom is 0.213 e. The van der Waals surface area contributed by atoms with E-state index in [0.29, 0.717) is 12.0 Å². The number of pyridine rings is 1. The van der Waals surface area contributed by atoms with Crippen molar-refractivity contribution in [3.63, 3.8) is 0 Å². The average molecular weight is 262 g/mol. The molecule has 1 aromatic heterocycles. The number of ether oxygens (including phenoxy) is 1. The molecule has 2 heterocycles. The zero-order chi connectivity index (χ0) is 13.1. The first-order valence-electron chi connectivity index (χ1n) is 7.34. The number of hydrogen-bond donors (Lipinski definition) is 1. The van der Waals surface area contributed by atoms with Gasteiger partial charge in [0.15, 0.2) is 0 Å². The van der Waals surface area contributed by atoms with Gasteiger partial charge in [0.25, 0.3) is 0 Å². The second-order valence-corrected chi connectivity index (χ2v) is 5.60. The van der Waals surface area contributed by atoms with E-state index in [1.165, 1.54) is 25.9 Å². The van der Waals surface area contributed by atoms with Gasteiger partial charge >= 0.3 is 0 Å². The molecule has 104 valence electrons. The third-order valence-electron chi connectivity index (χ3n) is 3.87. The Labute approximate surface area is 114 Å². The van der Waals surface area contributed by atoms with Crippen LogP contribution in [0.1, 0.15) is 43.8 Å². The number of aliphatic hydroxyl groups excluding tert-OH is 1. The molecule has 1 saturated carbocycles. The number of rotatable bonds is 6. The lowest BCUT2D eigenvalue weighted by Gasteiger charge is -2.17. The lowest BCUT2D eigenvalue weighted by atomic mass is 10.1. The van der Waals surface area contributed by atoms with Crippen LogP contribution < -0.4 is 4.74 Å². The molecule has 1 atom stereocenters. The molecule has 0 radical (unpaired) electrons. The molecule has 2 fully saturated rings. The summed E-state index contributed by atoms with van der Waals surface area (Å²) in [6.07, 6.45) is 7.36. The molecule has 2 aliphatic rings. The van der Waals surface area contributed by atoms with E-state index in [-0.39, 0.29) is 0 Å². The lowest BCUT2D eigenvalue weighted by molar-refractivity contribution is 0.148. The third-order valence-corrected chi connectivity index (χ3v) is 3.87. The summed E-state index contributed by atoms with van der Waals surface area (Å²) in [5.74, 6) is 0.679. The Morgan fingerprint density at radius 3 is 2.74 bits per heavy atom. The monoisotopic (exact) mass is 262 g/mol. The SMILES string of the molecule is OC(CCN1CCCC1)c1ccc(OC2CC2)nc1. The van der Waals surface area contributed by atoms with Crippen molar-refractivity contribution in [2.24, 2.45) is 0 Å². The molecule has 19 heavy (non-hydrogen) atoms. The van der Waals surface area contributed by atoms with Crippen molar-refractivity contribution >= 4 is 0 Å². The van der Waals surface area contributed by atoms with Crippen molar-refractivity contribution in [1.29, 1.82) is 0 Å². The van der Waals surface area contributed by atoms with Gasteiger partial charge in [-0.3, -0.25) is 0 Å². The van der Waals surface area contributed by atoms with E-state index in [4.69, 9.17) is 4.74 Å². The molecule has 3 rings (SSSR count). The summed E-state index contributed by atoms with van der Waals surface area (Å²) < 4.78 is 5.60. The Morgan fingerprint density at radius 2 is 2.11 bits per heavy atom. The van der Waals surface area contributed by atoms with Crippen LogP contribution in [0.25, 0.3) is 0 Å². The number of likely N-dealkylation sites (tertiary alicyclic amines) is 1. The molecular weight excluding hydrogens is 240 g/mol. The molecule has 1 aliphatic carbocycles. The van der Waals surface area contributed by atoms with E-state index in [0.717, 1.165) is 31.4 Å². The number of aromatic nitrogens is 1. The molecular formula is C15H22N2O2. The predicted molar refractivity (Wildman–Crippen MR) is 73.1 cm³/mol. The Kier molecular flexibility index (Phi) is 3.99. The highest BCUT2D eigenvalue weighted by Gasteiger charge is 2.24. The Balaban J connectivity index is 1.48. The van der Waals surface area contributed by atoms with Crippen LogP contribution in [-0.4, -0.2) is 40.7 Å². The molecule has 0 spiro atoms. The molecule has 0 bridgehead atoms. The summed E-state index contributed by atoms with van der Waals surface area (Å²) in [5, 5.41) is 10.2. The van der Waals surface area contributed by atoms with Crippen molar-refractivity contribution in [2.45, 2.75) is 44.3 Å². The van der Waals surface area contributed by atoms with Gasteiger partial charge in [0, 0.05) is 18.8 Å². The topological polar surface area (TPSA) is 45.6 Å². The van der Waals surface area contributed by atoms with Crippen molar-refractivity contribution in [2.75, 3.05) is 19.6 Å². The van der Waals surface area contributed by atoms with Crippen LogP contribution in [0.15, 0.2) is 18.3 Å². The van der Waals surface area contributed by atoms with Crippen LogP contribution in [0.5, 0.6) is 5.88 Å². The van der Waals surface area contributed by atoms with Crippen molar-refractivity contribution in [1.82, 2.24) is 9.88 Å². The maximum atomic E-state index is 10.2. The van der Waals surface area contributed by atoms with Crippen LogP contribution in [-0.2, 0) is 0 Å². The van der Waals surface area contributed by atoms with E-state index in [1.807, 2.05) is 12.1 Å². The van der Waals surface area contributed by atoms with Crippen molar-refractivity contribution < 1.29 is 9.84 Å². The van der Waals surface area contributed by atoms with Crippen LogP contribution in [0.2, 0.25) is 0 Å². The van der Waals surface area contributed by atoms with Crippen molar-refractivity contribution in [3.8, 4) is 5.88 Å². The molecule has 1 saturated heterocycles. The minimum Gasteiger partial charge on any atom is -0.474 e. The van der Waals surface area contributed by atoms with Crippen LogP contribution >= 0.6 is 0 Å². The molecule has 1 aliphatic heterocycles. The summed E-state index contributed by atoms with van der Waals surface area (Å²) in [4.78, 5) is 6.68. The van der Waals surface area contributed by atoms with Gasteiger partial charge in [-0.05, 0) is 56.8 Å². The summed E-state index contributed by atoms with van der Waals surface area (Å²) >= 11 is 0. The fourth-order valence-electron chi connectivity index (χ4n) is 2.49. The Morgan fingerprint density at radius 1 is 1.32 bits per heavy atom. The molecule has 1 N–H and O–H groups in total. The van der Waals surface area contributed by atoms with Gasteiger partial charge in [0.1, 0.15) is 6.10 Å². The van der Waals surface area contributed by atoms with E-state index >= 15 is 0 Å². The number of hydrogen-bond acceptors (Lipinski definition) is 4. The molecule has 1 aromatic rings. The highest BCUT2D eigenvalue weighted by atomic mass is 16.5. The highest BCUT2D eigenvalue weighted by molar-refractivity contribution is 5.20. The average Bonchev–Trinajstić information content (AvgIpc) is 3.09. The van der Waals surface area contributed by atoms with Gasteiger partial charge in [-0.2, -0.15) is 0 Å². The molecule has 4 heteroatoms. The van der Waals surface area contributed by atoms with Crippen molar-refractivity contribution in [3.05, 3.63) is 23.9 Å². The van der Waals surface area contributed by atoms with Crippen LogP contribution in [0.3, 0.4) is 0 Å². The molecule has 1 unspecified atom stereocenters. The first kappa shape index (κ1) is 12.9. The standard InChI is InChI=1S/C15H22N2O2/c18-14(7-10-17-8-1-2-9-17)12-3-6-15(16-11-12)19-13-4-5-13/h3,6,11,13-14,18H,1-2,4-5,7-10H2. The third kappa shape index (κ3) is 3.67. The second-order valence-electron chi connectivity index (χ2n) is 5.60. The van der Waals surface area contributed by atoms with E-state index in [2.05, 4.69) is 9.88 Å². The number of aliphatic hydroxyl groups is 1. The predicted octanol–water partition coefficient (Wildman–Crippen LogP) is 2.14. The molecule has 0 amide bonds. The Bertz CT molecular complexity index is 397. The van der Waals surface area contributed by atoms with E-state index < -0.39 is 6.10 Å². The van der Waals surface area contributed by atoms with Gasteiger partial charge in [0.2, 0.25) is 5.88 Å². The number of nitrogens with zero attached hydrogens (tertiary/aromatic N) is 2. The summed E-state index contributed by atoms with van der Waals surface area (Å²) in [6, 6.07) is 3.80. The first-order valence-corrected chi connectivity index (χ1v) is 7.34. The summed E-state index contributed by atoms with van der Waals surface area (Å²) in [5.41, 5.74) is 0.891.